The number of rotatable bonds is 12. The minimum absolute atomic E-state index is 0.0144. The third kappa shape index (κ3) is 7.51. The molecule has 3 aliphatic rings. The lowest BCUT2D eigenvalue weighted by molar-refractivity contribution is -0.553. The number of nitrogens with zero attached hydrogens (tertiary/aromatic N) is 3. The summed E-state index contributed by atoms with van der Waals surface area (Å²) in [6.45, 7) is 1.27. The van der Waals surface area contributed by atoms with Crippen LogP contribution < -0.4 is 19.7 Å². The van der Waals surface area contributed by atoms with Crippen molar-refractivity contribution in [1.82, 2.24) is 5.32 Å². The SMILES string of the molecule is CN(CCCC(=O)NCCSCc1ccc2c(c1)C(=O)C1C=CC=CC1C2=O)c1cc(/C=C2\Sc3ccccc3N2C)c2ccccc2[n+]1-c1ccccc1. The number of para-hydroxylation sites is 3. The van der Waals surface area contributed by atoms with Crippen molar-refractivity contribution in [2.75, 3.05) is 42.7 Å². The summed E-state index contributed by atoms with van der Waals surface area (Å²) in [5, 5.41) is 5.43. The summed E-state index contributed by atoms with van der Waals surface area (Å²) in [4.78, 5) is 44.9. The number of amides is 1. The van der Waals surface area contributed by atoms with Gasteiger partial charge in [0, 0.05) is 59.0 Å². The van der Waals surface area contributed by atoms with Gasteiger partial charge in [0.05, 0.1) is 36.1 Å². The van der Waals surface area contributed by atoms with Crippen LogP contribution in [0.25, 0.3) is 22.7 Å². The molecule has 55 heavy (non-hydrogen) atoms. The van der Waals surface area contributed by atoms with E-state index in [0.29, 0.717) is 42.8 Å². The number of anilines is 2. The Bertz CT molecular complexity index is 2390. The highest BCUT2D eigenvalue weighted by Gasteiger charge is 2.39. The lowest BCUT2D eigenvalue weighted by atomic mass is 9.72. The molecule has 1 N–H and O–H groups in total. The molecule has 5 aromatic rings. The molecule has 0 spiro atoms. The molecule has 2 unspecified atom stereocenters. The van der Waals surface area contributed by atoms with Crippen LogP contribution in [0.1, 0.15) is 44.7 Å². The normalized spacial score (nSPS) is 17.7. The van der Waals surface area contributed by atoms with Crippen molar-refractivity contribution in [3.63, 3.8) is 0 Å². The number of hydrogen-bond acceptors (Lipinski definition) is 7. The lowest BCUT2D eigenvalue weighted by Gasteiger charge is -2.28. The molecule has 7 nitrogen and oxygen atoms in total. The van der Waals surface area contributed by atoms with E-state index in [0.717, 1.165) is 33.9 Å². The largest absolute Gasteiger partial charge is 0.355 e. The zero-order chi connectivity index (χ0) is 37.9. The fourth-order valence-electron chi connectivity index (χ4n) is 7.65. The molecule has 2 atom stereocenters. The average molecular weight is 764 g/mol. The Morgan fingerprint density at radius 2 is 1.62 bits per heavy atom. The van der Waals surface area contributed by atoms with Gasteiger partial charge >= 0.3 is 0 Å². The molecule has 9 heteroatoms. The minimum Gasteiger partial charge on any atom is -0.355 e. The first kappa shape index (κ1) is 36.6. The molecular formula is C46H43N4O3S2+. The standard InChI is InChI=1S/C46H42N4O3S2/c1-48(25-12-21-42(51)47-24-26-54-30-31-22-23-37-38(27-31)46(53)36-17-7-6-16-35(36)45(37)52)43-28-32(29-44-49(2)40-19-10-11-20-41(40)55-44)34-15-8-9-18-39(34)50(43)33-13-4-3-5-14-33/h3-11,13-20,22-23,27-29,35-36H,12,21,24-26,30H2,1-2H3/p+1. The quantitative estimate of drug-likeness (QED) is 0.101. The van der Waals surface area contributed by atoms with Gasteiger partial charge in [-0.3, -0.25) is 19.3 Å². The summed E-state index contributed by atoms with van der Waals surface area (Å²) in [6.07, 6.45) is 10.8. The van der Waals surface area contributed by atoms with Gasteiger partial charge < -0.3 is 10.2 Å². The molecule has 0 saturated carbocycles. The summed E-state index contributed by atoms with van der Waals surface area (Å²) in [7, 11) is 4.23. The van der Waals surface area contributed by atoms with Gasteiger partial charge in [0.25, 0.3) is 5.82 Å². The van der Waals surface area contributed by atoms with E-state index in [9.17, 15) is 14.4 Å². The van der Waals surface area contributed by atoms with E-state index in [1.54, 1.807) is 29.6 Å². The molecule has 0 fully saturated rings. The van der Waals surface area contributed by atoms with Crippen LogP contribution in [-0.4, -0.2) is 50.4 Å². The molecule has 4 aromatic carbocycles. The summed E-state index contributed by atoms with van der Waals surface area (Å²) < 4.78 is 2.31. The van der Waals surface area contributed by atoms with Crippen LogP contribution >= 0.6 is 23.5 Å². The topological polar surface area (TPSA) is 73.6 Å². The second-order valence-corrected chi connectivity index (χ2v) is 16.3. The first-order valence-corrected chi connectivity index (χ1v) is 20.7. The summed E-state index contributed by atoms with van der Waals surface area (Å²) in [5.41, 5.74) is 6.61. The smallest absolute Gasteiger partial charge is 0.282 e. The molecule has 0 bridgehead atoms. The van der Waals surface area contributed by atoms with E-state index >= 15 is 0 Å². The van der Waals surface area contributed by atoms with Gasteiger partial charge in [0.15, 0.2) is 11.6 Å². The number of Topliss-reactive ketones (excluding diaryl/α,β-unsaturated/α-hetero) is 2. The van der Waals surface area contributed by atoms with Crippen LogP contribution in [0.3, 0.4) is 0 Å². The average Bonchev–Trinajstić information content (AvgIpc) is 3.54. The van der Waals surface area contributed by atoms with Crippen molar-refractivity contribution in [1.29, 1.82) is 0 Å². The number of benzene rings is 4. The highest BCUT2D eigenvalue weighted by atomic mass is 32.2. The van der Waals surface area contributed by atoms with E-state index in [-0.39, 0.29) is 17.5 Å². The first-order valence-electron chi connectivity index (χ1n) is 18.7. The van der Waals surface area contributed by atoms with E-state index in [2.05, 4.69) is 119 Å². The monoisotopic (exact) mass is 763 g/mol. The molecule has 1 amide bonds. The van der Waals surface area contributed by atoms with Crippen molar-refractivity contribution >= 4 is 69.5 Å². The van der Waals surface area contributed by atoms with Crippen molar-refractivity contribution in [3.05, 3.63) is 155 Å². The second-order valence-electron chi connectivity index (χ2n) is 14.1. The Morgan fingerprint density at radius 1 is 0.891 bits per heavy atom. The molecule has 0 saturated heterocycles. The van der Waals surface area contributed by atoms with Gasteiger partial charge in [-0.25, -0.2) is 0 Å². The maximum Gasteiger partial charge on any atom is 0.282 e. The fourth-order valence-corrected chi connectivity index (χ4v) is 9.55. The van der Waals surface area contributed by atoms with Gasteiger partial charge in [0.2, 0.25) is 5.91 Å². The fraction of sp³-hybridized carbons (Fsp3) is 0.217. The van der Waals surface area contributed by atoms with Crippen molar-refractivity contribution < 1.29 is 19.0 Å². The van der Waals surface area contributed by atoms with E-state index in [1.807, 2.05) is 42.5 Å². The van der Waals surface area contributed by atoms with Gasteiger partial charge in [-0.2, -0.15) is 16.3 Å². The lowest BCUT2D eigenvalue weighted by Crippen LogP contribution is -2.40. The van der Waals surface area contributed by atoms with Crippen molar-refractivity contribution in [2.45, 2.75) is 23.5 Å². The minimum atomic E-state index is -0.405. The van der Waals surface area contributed by atoms with Crippen LogP contribution in [0.2, 0.25) is 0 Å². The van der Waals surface area contributed by atoms with Crippen LogP contribution in [0.15, 0.2) is 137 Å². The van der Waals surface area contributed by atoms with Crippen LogP contribution in [-0.2, 0) is 10.5 Å². The zero-order valence-electron chi connectivity index (χ0n) is 31.0. The zero-order valence-corrected chi connectivity index (χ0v) is 32.6. The van der Waals surface area contributed by atoms with Gasteiger partial charge in [-0.05, 0) is 60.0 Å². The third-order valence-electron chi connectivity index (χ3n) is 10.5. The maximum atomic E-state index is 13.2. The number of nitrogens with one attached hydrogen (secondary N) is 1. The van der Waals surface area contributed by atoms with Crippen LogP contribution in [0, 0.1) is 11.8 Å². The predicted molar refractivity (Wildman–Crippen MR) is 226 cm³/mol. The van der Waals surface area contributed by atoms with E-state index in [1.165, 1.54) is 21.0 Å². The van der Waals surface area contributed by atoms with Gasteiger partial charge in [0.1, 0.15) is 11.2 Å². The Balaban J connectivity index is 0.896. The molecule has 2 aliphatic carbocycles. The molecular weight excluding hydrogens is 721 g/mol. The van der Waals surface area contributed by atoms with Crippen LogP contribution in [0.4, 0.5) is 11.5 Å². The number of aromatic nitrogens is 1. The number of carbonyl (C=O) groups is 3. The number of allylic oxidation sites excluding steroid dienone is 4. The van der Waals surface area contributed by atoms with Crippen molar-refractivity contribution in [2.24, 2.45) is 11.8 Å². The molecule has 1 aliphatic heterocycles. The molecule has 0 radical (unpaired) electrons. The molecule has 276 valence electrons. The van der Waals surface area contributed by atoms with Gasteiger partial charge in [-0.1, -0.05) is 96.7 Å². The number of hydrogen-bond donors (Lipinski definition) is 1. The number of pyridine rings is 1. The second kappa shape index (κ2) is 16.2. The molecule has 8 rings (SSSR count). The van der Waals surface area contributed by atoms with Gasteiger partial charge in [-0.15, -0.1) is 0 Å². The summed E-state index contributed by atoms with van der Waals surface area (Å²) in [5.74, 6) is 1.77. The number of ketones is 2. The first-order chi connectivity index (χ1) is 26.9. The van der Waals surface area contributed by atoms with E-state index < -0.39 is 11.8 Å². The highest BCUT2D eigenvalue weighted by molar-refractivity contribution is 8.03. The Labute approximate surface area is 330 Å². The number of thioether (sulfide) groups is 2. The van der Waals surface area contributed by atoms with Crippen molar-refractivity contribution in [3.8, 4) is 5.69 Å². The summed E-state index contributed by atoms with van der Waals surface area (Å²) >= 11 is 3.49. The van der Waals surface area contributed by atoms with E-state index in [4.69, 9.17) is 0 Å². The predicted octanol–water partition coefficient (Wildman–Crippen LogP) is 8.66. The number of carbonyl (C=O) groups excluding carboxylic acids is 3. The third-order valence-corrected chi connectivity index (χ3v) is 12.7. The maximum absolute atomic E-state index is 13.2. The highest BCUT2D eigenvalue weighted by Crippen LogP contribution is 2.46. The molecule has 1 aromatic heterocycles. The number of fused-ring (bicyclic) bond motifs is 4. The Kier molecular flexibility index (Phi) is 10.7. The summed E-state index contributed by atoms with van der Waals surface area (Å²) in [6, 6.07) is 35.4. The Hall–Kier alpha value is -5.38. The van der Waals surface area contributed by atoms with Crippen LogP contribution in [0.5, 0.6) is 0 Å². The molecule has 2 heterocycles. The Morgan fingerprint density at radius 3 is 2.42 bits per heavy atom.